The van der Waals surface area contributed by atoms with Gasteiger partial charge in [0.15, 0.2) is 0 Å². The first-order valence-corrected chi connectivity index (χ1v) is 10.6. The first-order chi connectivity index (χ1) is 13.2. The van der Waals surface area contributed by atoms with Gasteiger partial charge in [0.25, 0.3) is 0 Å². The third-order valence-electron chi connectivity index (χ3n) is 6.72. The van der Waals surface area contributed by atoms with Gasteiger partial charge in [-0.3, -0.25) is 4.79 Å². The van der Waals surface area contributed by atoms with E-state index in [-0.39, 0.29) is 22.3 Å². The molecule has 3 saturated carbocycles. The second-order valence-corrected chi connectivity index (χ2v) is 9.70. The van der Waals surface area contributed by atoms with E-state index >= 15 is 0 Å². The van der Waals surface area contributed by atoms with Crippen molar-refractivity contribution in [3.63, 3.8) is 0 Å². The molecule has 1 N–H and O–H groups in total. The maximum absolute atomic E-state index is 12.9. The van der Waals surface area contributed by atoms with Gasteiger partial charge in [-0.1, -0.05) is 19.1 Å². The summed E-state index contributed by atoms with van der Waals surface area (Å²) in [7, 11) is 0. The molecule has 4 rings (SSSR count). The highest BCUT2D eigenvalue weighted by molar-refractivity contribution is 5.83. The number of carbonyl (C=O) groups excluding carboxylic acids is 1. The van der Waals surface area contributed by atoms with Crippen LogP contribution in [0.5, 0.6) is 5.75 Å². The Balaban J connectivity index is 1.65. The molecule has 0 aromatic heterocycles. The number of carbonyl (C=O) groups is 1. The molecule has 3 aliphatic carbocycles. The smallest absolute Gasteiger partial charge is 0.226 e. The molecule has 0 aliphatic heterocycles. The third-order valence-corrected chi connectivity index (χ3v) is 6.72. The van der Waals surface area contributed by atoms with Crippen LogP contribution in [0.2, 0.25) is 0 Å². The van der Waals surface area contributed by atoms with Gasteiger partial charge in [0.2, 0.25) is 5.91 Å². The highest BCUT2D eigenvalue weighted by atomic mass is 19.1. The summed E-state index contributed by atoms with van der Waals surface area (Å²) in [5, 5.41) is 3.21. The van der Waals surface area contributed by atoms with Crippen LogP contribution in [0, 0.1) is 5.41 Å². The summed E-state index contributed by atoms with van der Waals surface area (Å²) in [6.45, 7) is 8.36. The lowest BCUT2D eigenvalue weighted by molar-refractivity contribution is -0.139. The van der Waals surface area contributed by atoms with Crippen LogP contribution in [0.4, 0.5) is 4.39 Å². The number of nitrogens with one attached hydrogen (secondary N) is 1. The highest BCUT2D eigenvalue weighted by Gasteiger charge is 2.53. The van der Waals surface area contributed by atoms with E-state index in [9.17, 15) is 9.18 Å². The molecule has 2 bridgehead atoms. The Bertz CT molecular complexity index is 705. The van der Waals surface area contributed by atoms with Crippen molar-refractivity contribution in [1.29, 1.82) is 0 Å². The molecule has 0 spiro atoms. The van der Waals surface area contributed by atoms with Crippen molar-refractivity contribution in [2.75, 3.05) is 6.61 Å². The van der Waals surface area contributed by atoms with E-state index in [0.29, 0.717) is 24.9 Å². The van der Waals surface area contributed by atoms with E-state index in [0.717, 1.165) is 44.3 Å². The van der Waals surface area contributed by atoms with Crippen molar-refractivity contribution in [2.24, 2.45) is 5.41 Å². The number of benzene rings is 1. The van der Waals surface area contributed by atoms with E-state index in [1.54, 1.807) is 0 Å². The number of hydrogen-bond acceptors (Lipinski definition) is 2. The average molecular weight is 388 g/mol. The monoisotopic (exact) mass is 387 g/mol. The molecule has 28 heavy (non-hydrogen) atoms. The minimum Gasteiger partial charge on any atom is -0.489 e. The number of amides is 1. The Morgan fingerprint density at radius 2 is 1.68 bits per heavy atom. The Kier molecular flexibility index (Phi) is 5.88. The Labute approximate surface area is 168 Å². The van der Waals surface area contributed by atoms with Crippen LogP contribution in [-0.4, -0.2) is 18.1 Å². The summed E-state index contributed by atoms with van der Waals surface area (Å²) >= 11 is 0. The van der Waals surface area contributed by atoms with Crippen LogP contribution in [0.1, 0.15) is 78.2 Å². The number of ether oxygens (including phenoxy) is 1. The van der Waals surface area contributed by atoms with Gasteiger partial charge < -0.3 is 10.1 Å². The normalized spacial score (nSPS) is 27.5. The summed E-state index contributed by atoms with van der Waals surface area (Å²) in [4.78, 5) is 12.9. The van der Waals surface area contributed by atoms with Gasteiger partial charge >= 0.3 is 0 Å². The summed E-state index contributed by atoms with van der Waals surface area (Å²) in [5.74, 6) is 1.02. The molecule has 1 aromatic carbocycles. The van der Waals surface area contributed by atoms with Gasteiger partial charge in [0, 0.05) is 11.0 Å². The average Bonchev–Trinajstić information content (AvgIpc) is 2.69. The molecule has 4 heteroatoms. The zero-order chi connectivity index (χ0) is 20.4. The van der Waals surface area contributed by atoms with E-state index < -0.39 is 0 Å². The predicted octanol–water partition coefficient (Wildman–Crippen LogP) is 5.84. The molecule has 3 nitrogen and oxygen atoms in total. The van der Waals surface area contributed by atoms with Crippen molar-refractivity contribution in [2.45, 2.75) is 83.6 Å². The van der Waals surface area contributed by atoms with Crippen molar-refractivity contribution >= 4 is 5.91 Å². The minimum atomic E-state index is -0.178. The standard InChI is InChI=1S/C24H34FNO2/c1-5-18(16-25)17-28-20-8-6-19(7-9-20)23-10-13-24(14-11-23,15-12-23)21(27)26-22(2,3)4/h6-9,16H,5,10-15,17H2,1-4H3,(H,26,27)/b18-16+. The second kappa shape index (κ2) is 7.88. The van der Waals surface area contributed by atoms with Gasteiger partial charge in [-0.25, -0.2) is 4.39 Å². The van der Waals surface area contributed by atoms with E-state index in [2.05, 4.69) is 17.4 Å². The van der Waals surface area contributed by atoms with Crippen molar-refractivity contribution in [3.8, 4) is 5.75 Å². The lowest BCUT2D eigenvalue weighted by Gasteiger charge is -2.53. The van der Waals surface area contributed by atoms with Crippen LogP contribution in [0.15, 0.2) is 36.2 Å². The van der Waals surface area contributed by atoms with Crippen LogP contribution < -0.4 is 10.1 Å². The number of rotatable bonds is 6. The quantitative estimate of drug-likeness (QED) is 0.666. The lowest BCUT2D eigenvalue weighted by Crippen LogP contribution is -2.55. The molecule has 3 fully saturated rings. The first kappa shape index (κ1) is 20.9. The molecule has 0 radical (unpaired) electrons. The largest absolute Gasteiger partial charge is 0.489 e. The first-order valence-electron chi connectivity index (χ1n) is 10.6. The fourth-order valence-electron chi connectivity index (χ4n) is 4.72. The number of hydrogen-bond donors (Lipinski definition) is 1. The molecule has 1 aromatic rings. The topological polar surface area (TPSA) is 38.3 Å². The maximum atomic E-state index is 12.9. The fourth-order valence-corrected chi connectivity index (χ4v) is 4.72. The van der Waals surface area contributed by atoms with Crippen LogP contribution in [0.3, 0.4) is 0 Å². The molecule has 1 amide bonds. The fraction of sp³-hybridized carbons (Fsp3) is 0.625. The molecule has 0 heterocycles. The molecular weight excluding hydrogens is 353 g/mol. The summed E-state index contributed by atoms with van der Waals surface area (Å²) in [6.07, 6.45) is 7.39. The van der Waals surface area contributed by atoms with Crippen molar-refractivity contribution in [3.05, 3.63) is 41.7 Å². The molecule has 3 aliphatic rings. The second-order valence-electron chi connectivity index (χ2n) is 9.70. The third kappa shape index (κ3) is 4.26. The van der Waals surface area contributed by atoms with Gasteiger partial charge in [0.1, 0.15) is 12.4 Å². The van der Waals surface area contributed by atoms with Crippen LogP contribution in [-0.2, 0) is 10.2 Å². The van der Waals surface area contributed by atoms with Gasteiger partial charge in [-0.2, -0.15) is 0 Å². The maximum Gasteiger partial charge on any atom is 0.226 e. The van der Waals surface area contributed by atoms with Crippen molar-refractivity contribution in [1.82, 2.24) is 5.32 Å². The minimum absolute atomic E-state index is 0.173. The van der Waals surface area contributed by atoms with Crippen molar-refractivity contribution < 1.29 is 13.9 Å². The SMILES string of the molecule is CC/C(=C\F)COc1ccc(C23CCC(C(=O)NC(C)(C)C)(CC2)CC3)cc1. The Hall–Kier alpha value is -1.84. The van der Waals surface area contributed by atoms with Gasteiger partial charge in [-0.05, 0) is 94.4 Å². The Morgan fingerprint density at radius 3 is 2.14 bits per heavy atom. The van der Waals surface area contributed by atoms with E-state index in [1.165, 1.54) is 5.56 Å². The zero-order valence-corrected chi connectivity index (χ0v) is 17.7. The van der Waals surface area contributed by atoms with Gasteiger partial charge in [0.05, 0.1) is 6.33 Å². The lowest BCUT2D eigenvalue weighted by atomic mass is 9.51. The van der Waals surface area contributed by atoms with E-state index in [1.807, 2.05) is 39.8 Å². The summed E-state index contributed by atoms with van der Waals surface area (Å²) in [6, 6.07) is 8.32. The molecule has 0 atom stereocenters. The van der Waals surface area contributed by atoms with Gasteiger partial charge in [-0.15, -0.1) is 0 Å². The van der Waals surface area contributed by atoms with Crippen LogP contribution >= 0.6 is 0 Å². The summed E-state index contributed by atoms with van der Waals surface area (Å²) < 4.78 is 18.4. The zero-order valence-electron chi connectivity index (χ0n) is 17.7. The Morgan fingerprint density at radius 1 is 1.11 bits per heavy atom. The number of halogens is 1. The summed E-state index contributed by atoms with van der Waals surface area (Å²) in [5.41, 5.74) is 1.85. The van der Waals surface area contributed by atoms with Crippen LogP contribution in [0.25, 0.3) is 0 Å². The molecule has 0 unspecified atom stereocenters. The van der Waals surface area contributed by atoms with E-state index in [4.69, 9.17) is 4.74 Å². The predicted molar refractivity (Wildman–Crippen MR) is 111 cm³/mol. The number of fused-ring (bicyclic) bond motifs is 3. The molecule has 0 saturated heterocycles. The molecule has 154 valence electrons. The molecular formula is C24H34FNO2. The highest BCUT2D eigenvalue weighted by Crippen LogP contribution is 2.58.